The van der Waals surface area contributed by atoms with E-state index in [-0.39, 0.29) is 11.1 Å². The summed E-state index contributed by atoms with van der Waals surface area (Å²) in [6, 6.07) is 24.2. The van der Waals surface area contributed by atoms with Crippen molar-refractivity contribution in [2.24, 2.45) is 0 Å². The molecule has 4 aromatic carbocycles. The fourth-order valence-electron chi connectivity index (χ4n) is 4.81. The standard InChI is InChI=1S/C31H22N4O4S/c1-17-5-2-3-8-21(17)27-15-40-29(34-27)22-10-9-20(12-23(22)18-6-4-7-19(32)11-18)35-16-33-26-13-24(30(36)37)25(31(38)39)14-28(26)35/h2-16H,32H2,1H3,(H,36,37)(H,38,39). The lowest BCUT2D eigenvalue weighted by molar-refractivity contribution is 0.0652. The van der Waals surface area contributed by atoms with E-state index in [2.05, 4.69) is 24.0 Å². The third-order valence-electron chi connectivity index (χ3n) is 6.78. The van der Waals surface area contributed by atoms with Crippen molar-refractivity contribution in [2.45, 2.75) is 6.92 Å². The normalized spacial score (nSPS) is 11.1. The van der Waals surface area contributed by atoms with Gasteiger partial charge in [0.25, 0.3) is 0 Å². The van der Waals surface area contributed by atoms with Gasteiger partial charge in [-0.25, -0.2) is 19.6 Å². The van der Waals surface area contributed by atoms with E-state index in [0.717, 1.165) is 44.2 Å². The summed E-state index contributed by atoms with van der Waals surface area (Å²) in [6.07, 6.45) is 1.56. The van der Waals surface area contributed by atoms with Crippen LogP contribution in [0.5, 0.6) is 0 Å². The molecule has 6 aromatic rings. The van der Waals surface area contributed by atoms with E-state index >= 15 is 0 Å². The fourth-order valence-corrected chi connectivity index (χ4v) is 5.67. The number of rotatable bonds is 6. The number of thiazole rings is 1. The molecule has 0 saturated heterocycles. The number of carboxylic acids is 2. The number of nitrogens with two attached hydrogens (primary N) is 1. The fraction of sp³-hybridized carbons (Fsp3) is 0.0323. The number of aryl methyl sites for hydroxylation is 1. The third kappa shape index (κ3) is 4.38. The second-order valence-corrected chi connectivity index (χ2v) is 10.2. The zero-order valence-corrected chi connectivity index (χ0v) is 22.0. The molecular formula is C31H22N4O4S. The lowest BCUT2D eigenvalue weighted by Gasteiger charge is -2.13. The summed E-state index contributed by atoms with van der Waals surface area (Å²) in [5.41, 5.74) is 13.5. The van der Waals surface area contributed by atoms with Gasteiger partial charge >= 0.3 is 11.9 Å². The van der Waals surface area contributed by atoms with Gasteiger partial charge in [-0.1, -0.05) is 36.4 Å². The highest BCUT2D eigenvalue weighted by Crippen LogP contribution is 2.38. The van der Waals surface area contributed by atoms with Crippen molar-refractivity contribution < 1.29 is 19.8 Å². The van der Waals surface area contributed by atoms with Gasteiger partial charge in [-0.3, -0.25) is 4.57 Å². The van der Waals surface area contributed by atoms with Crippen molar-refractivity contribution in [2.75, 3.05) is 5.73 Å². The van der Waals surface area contributed by atoms with Crippen LogP contribution in [0.25, 0.3) is 49.7 Å². The third-order valence-corrected chi connectivity index (χ3v) is 7.66. The number of hydrogen-bond donors (Lipinski definition) is 3. The van der Waals surface area contributed by atoms with E-state index < -0.39 is 11.9 Å². The Balaban J connectivity index is 1.53. The van der Waals surface area contributed by atoms with Crippen molar-refractivity contribution >= 4 is 40.0 Å². The van der Waals surface area contributed by atoms with Crippen molar-refractivity contribution in [3.05, 3.63) is 107 Å². The number of carbonyl (C=O) groups is 2. The zero-order chi connectivity index (χ0) is 28.0. The Morgan fingerprint density at radius 1 is 0.850 bits per heavy atom. The molecule has 0 aliphatic rings. The van der Waals surface area contributed by atoms with Crippen LogP contribution in [0.3, 0.4) is 0 Å². The van der Waals surface area contributed by atoms with E-state index in [9.17, 15) is 19.8 Å². The Bertz CT molecular complexity index is 1960. The topological polar surface area (TPSA) is 131 Å². The van der Waals surface area contributed by atoms with E-state index in [1.807, 2.05) is 60.0 Å². The van der Waals surface area contributed by atoms with Crippen molar-refractivity contribution in [3.8, 4) is 38.6 Å². The minimum absolute atomic E-state index is 0.305. The van der Waals surface area contributed by atoms with Crippen LogP contribution in [-0.4, -0.2) is 36.7 Å². The first-order valence-corrected chi connectivity index (χ1v) is 13.2. The van der Waals surface area contributed by atoms with Crippen molar-refractivity contribution in [1.82, 2.24) is 14.5 Å². The molecule has 40 heavy (non-hydrogen) atoms. The van der Waals surface area contributed by atoms with Crippen molar-refractivity contribution in [3.63, 3.8) is 0 Å². The summed E-state index contributed by atoms with van der Waals surface area (Å²) >= 11 is 1.55. The number of nitrogens with zero attached hydrogens (tertiary/aromatic N) is 3. The summed E-state index contributed by atoms with van der Waals surface area (Å²) in [5, 5.41) is 22.0. The van der Waals surface area contributed by atoms with Crippen LogP contribution in [0.1, 0.15) is 26.3 Å². The van der Waals surface area contributed by atoms with Gasteiger partial charge in [-0.15, -0.1) is 11.3 Å². The second-order valence-electron chi connectivity index (χ2n) is 9.32. The van der Waals surface area contributed by atoms with E-state index in [0.29, 0.717) is 16.7 Å². The molecule has 0 atom stereocenters. The maximum atomic E-state index is 11.8. The monoisotopic (exact) mass is 546 g/mol. The first-order valence-electron chi connectivity index (χ1n) is 12.3. The molecule has 0 unspecified atom stereocenters. The highest BCUT2D eigenvalue weighted by molar-refractivity contribution is 7.13. The van der Waals surface area contributed by atoms with Gasteiger partial charge in [0.15, 0.2) is 0 Å². The summed E-state index contributed by atoms with van der Waals surface area (Å²) < 4.78 is 1.74. The Morgan fingerprint density at radius 2 is 1.62 bits per heavy atom. The Labute approximate surface area is 232 Å². The molecule has 196 valence electrons. The lowest BCUT2D eigenvalue weighted by Crippen LogP contribution is -2.08. The molecule has 0 amide bonds. The second kappa shape index (κ2) is 9.79. The molecule has 9 heteroatoms. The van der Waals surface area contributed by atoms with Gasteiger partial charge in [0.1, 0.15) is 11.3 Å². The van der Waals surface area contributed by atoms with Gasteiger partial charge in [-0.2, -0.15) is 0 Å². The van der Waals surface area contributed by atoms with Crippen LogP contribution in [0.2, 0.25) is 0 Å². The van der Waals surface area contributed by atoms with Gasteiger partial charge in [0.05, 0.1) is 27.9 Å². The van der Waals surface area contributed by atoms with E-state index in [1.165, 1.54) is 12.1 Å². The van der Waals surface area contributed by atoms with E-state index in [1.54, 1.807) is 22.2 Å². The van der Waals surface area contributed by atoms with Gasteiger partial charge in [0, 0.05) is 27.9 Å². The minimum atomic E-state index is -1.32. The van der Waals surface area contributed by atoms with Crippen LogP contribution < -0.4 is 5.73 Å². The average molecular weight is 547 g/mol. The van der Waals surface area contributed by atoms with Gasteiger partial charge < -0.3 is 15.9 Å². The SMILES string of the molecule is Cc1ccccc1-c1csc(-c2ccc(-n3cnc4cc(C(=O)O)c(C(=O)O)cc43)cc2-c2cccc(N)c2)n1. The number of fused-ring (bicyclic) bond motifs is 1. The molecule has 6 rings (SSSR count). The largest absolute Gasteiger partial charge is 0.478 e. The summed E-state index contributed by atoms with van der Waals surface area (Å²) in [6.45, 7) is 2.06. The smallest absolute Gasteiger partial charge is 0.336 e. The number of nitrogen functional groups attached to an aromatic ring is 1. The summed E-state index contributed by atoms with van der Waals surface area (Å²) in [7, 11) is 0. The highest BCUT2D eigenvalue weighted by Gasteiger charge is 2.20. The number of aromatic nitrogens is 3. The summed E-state index contributed by atoms with van der Waals surface area (Å²) in [5.74, 6) is -2.65. The molecular weight excluding hydrogens is 524 g/mol. The predicted molar refractivity (Wildman–Crippen MR) is 156 cm³/mol. The number of hydrogen-bond acceptors (Lipinski definition) is 6. The molecule has 4 N–H and O–H groups in total. The first kappa shape index (κ1) is 25.0. The number of carboxylic acid groups (broad SMARTS) is 2. The minimum Gasteiger partial charge on any atom is -0.478 e. The summed E-state index contributed by atoms with van der Waals surface area (Å²) in [4.78, 5) is 32.8. The molecule has 0 radical (unpaired) electrons. The number of anilines is 1. The van der Waals surface area contributed by atoms with Crippen LogP contribution >= 0.6 is 11.3 Å². The van der Waals surface area contributed by atoms with Crippen molar-refractivity contribution in [1.29, 1.82) is 0 Å². The quantitative estimate of drug-likeness (QED) is 0.196. The number of benzene rings is 4. The molecule has 2 heterocycles. The first-order chi connectivity index (χ1) is 19.3. The zero-order valence-electron chi connectivity index (χ0n) is 21.2. The van der Waals surface area contributed by atoms with E-state index in [4.69, 9.17) is 10.7 Å². The molecule has 0 spiro atoms. The maximum absolute atomic E-state index is 11.8. The van der Waals surface area contributed by atoms with Gasteiger partial charge in [0.2, 0.25) is 0 Å². The molecule has 0 saturated carbocycles. The maximum Gasteiger partial charge on any atom is 0.336 e. The molecule has 8 nitrogen and oxygen atoms in total. The molecule has 0 fully saturated rings. The van der Waals surface area contributed by atoms with Crippen LogP contribution in [0.15, 0.2) is 90.6 Å². The Morgan fingerprint density at radius 3 is 2.38 bits per heavy atom. The Hall–Kier alpha value is -5.28. The molecule has 0 aliphatic carbocycles. The highest BCUT2D eigenvalue weighted by atomic mass is 32.1. The van der Waals surface area contributed by atoms with Crippen LogP contribution in [0, 0.1) is 6.92 Å². The van der Waals surface area contributed by atoms with Crippen LogP contribution in [-0.2, 0) is 0 Å². The lowest BCUT2D eigenvalue weighted by atomic mass is 9.98. The predicted octanol–water partition coefficient (Wildman–Crippen LogP) is 6.77. The molecule has 0 aliphatic heterocycles. The van der Waals surface area contributed by atoms with Gasteiger partial charge in [-0.05, 0) is 66.1 Å². The molecule has 2 aromatic heterocycles. The average Bonchev–Trinajstić information content (AvgIpc) is 3.59. The molecule has 0 bridgehead atoms. The van der Waals surface area contributed by atoms with Crippen LogP contribution in [0.4, 0.5) is 5.69 Å². The number of imidazole rings is 1. The Kier molecular flexibility index (Phi) is 6.13. The number of aromatic carboxylic acids is 2.